The van der Waals surface area contributed by atoms with E-state index in [4.69, 9.17) is 0 Å². The van der Waals surface area contributed by atoms with E-state index in [2.05, 4.69) is 4.98 Å². The quantitative estimate of drug-likeness (QED) is 0.679. The fourth-order valence-electron chi connectivity index (χ4n) is 2.35. The summed E-state index contributed by atoms with van der Waals surface area (Å²) in [6, 6.07) is 7.55. The maximum Gasteiger partial charge on any atom is 0.256 e. The standard InChI is InChI=1S/C13H14N2O3/c16-11-6-15(7-12(11)17)13(18)9-5-14-10-4-2-1-3-8(9)10/h1-5,11-12,14,16-17H,6-7H2. The first kappa shape index (κ1) is 11.3. The van der Waals surface area contributed by atoms with E-state index in [0.717, 1.165) is 10.9 Å². The predicted molar refractivity (Wildman–Crippen MR) is 66.2 cm³/mol. The number of H-pyrrole nitrogens is 1. The second-order valence-electron chi connectivity index (χ2n) is 4.59. The molecule has 0 bridgehead atoms. The number of hydrogen-bond acceptors (Lipinski definition) is 3. The van der Waals surface area contributed by atoms with Crippen LogP contribution in [0.4, 0.5) is 0 Å². The zero-order valence-corrected chi connectivity index (χ0v) is 9.71. The van der Waals surface area contributed by atoms with Crippen molar-refractivity contribution in [1.82, 2.24) is 9.88 Å². The fourth-order valence-corrected chi connectivity index (χ4v) is 2.35. The number of amides is 1. The number of para-hydroxylation sites is 1. The largest absolute Gasteiger partial charge is 0.388 e. The molecule has 2 atom stereocenters. The first-order chi connectivity index (χ1) is 8.66. The molecule has 18 heavy (non-hydrogen) atoms. The monoisotopic (exact) mass is 246 g/mol. The summed E-state index contributed by atoms with van der Waals surface area (Å²) >= 11 is 0. The number of nitrogens with zero attached hydrogens (tertiary/aromatic N) is 1. The summed E-state index contributed by atoms with van der Waals surface area (Å²) < 4.78 is 0. The molecule has 5 heteroatoms. The molecule has 0 spiro atoms. The summed E-state index contributed by atoms with van der Waals surface area (Å²) in [6.45, 7) is 0.360. The van der Waals surface area contributed by atoms with E-state index >= 15 is 0 Å². The van der Waals surface area contributed by atoms with E-state index in [9.17, 15) is 15.0 Å². The van der Waals surface area contributed by atoms with Crippen molar-refractivity contribution in [1.29, 1.82) is 0 Å². The van der Waals surface area contributed by atoms with Gasteiger partial charge in [0.15, 0.2) is 0 Å². The van der Waals surface area contributed by atoms with Gasteiger partial charge in [-0.15, -0.1) is 0 Å². The third-order valence-corrected chi connectivity index (χ3v) is 3.37. The number of aliphatic hydroxyl groups excluding tert-OH is 2. The summed E-state index contributed by atoms with van der Waals surface area (Å²) in [4.78, 5) is 16.8. The van der Waals surface area contributed by atoms with Crippen molar-refractivity contribution in [3.63, 3.8) is 0 Å². The Morgan fingerprint density at radius 2 is 1.89 bits per heavy atom. The maximum atomic E-state index is 12.3. The molecular formula is C13H14N2O3. The van der Waals surface area contributed by atoms with E-state index in [1.807, 2.05) is 24.3 Å². The van der Waals surface area contributed by atoms with Gasteiger partial charge in [-0.25, -0.2) is 0 Å². The molecule has 94 valence electrons. The molecule has 2 unspecified atom stereocenters. The van der Waals surface area contributed by atoms with Gasteiger partial charge in [-0.1, -0.05) is 18.2 Å². The van der Waals surface area contributed by atoms with Crippen molar-refractivity contribution in [3.8, 4) is 0 Å². The minimum absolute atomic E-state index is 0.164. The molecule has 1 aliphatic rings. The number of aromatic nitrogens is 1. The lowest BCUT2D eigenvalue weighted by Crippen LogP contribution is -2.29. The van der Waals surface area contributed by atoms with Crippen molar-refractivity contribution >= 4 is 16.8 Å². The third kappa shape index (κ3) is 1.68. The summed E-state index contributed by atoms with van der Waals surface area (Å²) in [7, 11) is 0. The zero-order chi connectivity index (χ0) is 12.7. The third-order valence-electron chi connectivity index (χ3n) is 3.37. The van der Waals surface area contributed by atoms with E-state index < -0.39 is 12.2 Å². The Morgan fingerprint density at radius 3 is 2.61 bits per heavy atom. The molecule has 1 fully saturated rings. The average molecular weight is 246 g/mol. The van der Waals surface area contributed by atoms with Crippen LogP contribution in [0.5, 0.6) is 0 Å². The number of nitrogens with one attached hydrogen (secondary N) is 1. The van der Waals surface area contributed by atoms with Crippen molar-refractivity contribution < 1.29 is 15.0 Å². The molecule has 1 aliphatic heterocycles. The van der Waals surface area contributed by atoms with E-state index in [0.29, 0.717) is 5.56 Å². The summed E-state index contributed by atoms with van der Waals surface area (Å²) in [6.07, 6.45) is -0.0253. The first-order valence-corrected chi connectivity index (χ1v) is 5.88. The van der Waals surface area contributed by atoms with E-state index in [1.165, 1.54) is 4.90 Å². The smallest absolute Gasteiger partial charge is 0.256 e. The second-order valence-corrected chi connectivity index (χ2v) is 4.59. The van der Waals surface area contributed by atoms with Gasteiger partial charge in [0.2, 0.25) is 0 Å². The van der Waals surface area contributed by atoms with Crippen LogP contribution in [0, 0.1) is 0 Å². The van der Waals surface area contributed by atoms with Crippen LogP contribution < -0.4 is 0 Å². The van der Waals surface area contributed by atoms with Crippen molar-refractivity contribution in [2.24, 2.45) is 0 Å². The highest BCUT2D eigenvalue weighted by Gasteiger charge is 2.33. The Balaban J connectivity index is 1.93. The van der Waals surface area contributed by atoms with Crippen LogP contribution in [0.2, 0.25) is 0 Å². The number of benzene rings is 1. The SMILES string of the molecule is O=C(c1c[nH]c2ccccc12)N1CC(O)C(O)C1. The number of carbonyl (C=O) groups excluding carboxylic acids is 1. The molecule has 3 rings (SSSR count). The average Bonchev–Trinajstić information content (AvgIpc) is 2.93. The number of aromatic amines is 1. The molecule has 5 nitrogen and oxygen atoms in total. The molecule has 0 saturated carbocycles. The lowest BCUT2D eigenvalue weighted by atomic mass is 10.1. The molecule has 1 saturated heterocycles. The summed E-state index contributed by atoms with van der Waals surface area (Å²) in [5.41, 5.74) is 1.48. The number of hydrogen-bond donors (Lipinski definition) is 3. The van der Waals surface area contributed by atoms with Gasteiger partial charge in [0.1, 0.15) is 0 Å². The van der Waals surface area contributed by atoms with Crippen LogP contribution in [0.1, 0.15) is 10.4 Å². The molecule has 3 N–H and O–H groups in total. The molecule has 0 radical (unpaired) electrons. The van der Waals surface area contributed by atoms with Gasteiger partial charge >= 0.3 is 0 Å². The Morgan fingerprint density at radius 1 is 1.22 bits per heavy atom. The Labute approximate surface area is 104 Å². The maximum absolute atomic E-state index is 12.3. The van der Waals surface area contributed by atoms with Gasteiger partial charge in [0.25, 0.3) is 5.91 Å². The number of aliphatic hydroxyl groups is 2. The van der Waals surface area contributed by atoms with Gasteiger partial charge in [0.05, 0.1) is 17.8 Å². The molecule has 2 aromatic rings. The van der Waals surface area contributed by atoms with E-state index in [-0.39, 0.29) is 19.0 Å². The lowest BCUT2D eigenvalue weighted by molar-refractivity contribution is 0.0572. The molecule has 1 aromatic carbocycles. The predicted octanol–water partition coefficient (Wildman–Crippen LogP) is 0.346. The number of fused-ring (bicyclic) bond motifs is 1. The molecule has 1 amide bonds. The van der Waals surface area contributed by atoms with Crippen molar-refractivity contribution in [2.45, 2.75) is 12.2 Å². The molecule has 0 aliphatic carbocycles. The van der Waals surface area contributed by atoms with Crippen molar-refractivity contribution in [2.75, 3.05) is 13.1 Å². The van der Waals surface area contributed by atoms with Gasteiger partial charge in [-0.3, -0.25) is 4.79 Å². The molecule has 2 heterocycles. The highest BCUT2D eigenvalue weighted by Crippen LogP contribution is 2.21. The topological polar surface area (TPSA) is 76.6 Å². The first-order valence-electron chi connectivity index (χ1n) is 5.88. The van der Waals surface area contributed by atoms with Crippen LogP contribution in [0.15, 0.2) is 30.5 Å². The zero-order valence-electron chi connectivity index (χ0n) is 9.71. The Hall–Kier alpha value is -1.85. The second kappa shape index (κ2) is 4.12. The van der Waals surface area contributed by atoms with Crippen LogP contribution in [-0.4, -0.2) is 51.3 Å². The molecule has 1 aromatic heterocycles. The highest BCUT2D eigenvalue weighted by atomic mass is 16.3. The van der Waals surface area contributed by atoms with Crippen molar-refractivity contribution in [3.05, 3.63) is 36.0 Å². The Kier molecular flexibility index (Phi) is 2.57. The Bertz CT molecular complexity index is 583. The minimum Gasteiger partial charge on any atom is -0.388 e. The normalized spacial score (nSPS) is 23.8. The number of likely N-dealkylation sites (tertiary alicyclic amines) is 1. The van der Waals surface area contributed by atoms with Gasteiger partial charge in [-0.2, -0.15) is 0 Å². The highest BCUT2D eigenvalue weighted by molar-refractivity contribution is 6.06. The number of rotatable bonds is 1. The lowest BCUT2D eigenvalue weighted by Gasteiger charge is -2.14. The van der Waals surface area contributed by atoms with Crippen LogP contribution in [0.3, 0.4) is 0 Å². The van der Waals surface area contributed by atoms with E-state index in [1.54, 1.807) is 6.20 Å². The molecular weight excluding hydrogens is 232 g/mol. The van der Waals surface area contributed by atoms with Gasteiger partial charge < -0.3 is 20.1 Å². The van der Waals surface area contributed by atoms with Crippen LogP contribution in [-0.2, 0) is 0 Å². The van der Waals surface area contributed by atoms with Crippen LogP contribution >= 0.6 is 0 Å². The number of carbonyl (C=O) groups is 1. The van der Waals surface area contributed by atoms with Gasteiger partial charge in [0, 0.05) is 30.2 Å². The van der Waals surface area contributed by atoms with Crippen LogP contribution in [0.25, 0.3) is 10.9 Å². The summed E-state index contributed by atoms with van der Waals surface area (Å²) in [5.74, 6) is -0.164. The number of β-amino-alcohol motifs (C(OH)–C–C–N with tert-alkyl or cyclic N) is 2. The van der Waals surface area contributed by atoms with Gasteiger partial charge in [-0.05, 0) is 6.07 Å². The fraction of sp³-hybridized carbons (Fsp3) is 0.308. The minimum atomic E-state index is -0.848. The summed E-state index contributed by atoms with van der Waals surface area (Å²) in [5, 5.41) is 19.8.